The second kappa shape index (κ2) is 6.96. The Hall–Kier alpha value is -1.79. The number of primary amides is 1. The maximum Gasteiger partial charge on any atom is 0.407 e. The van der Waals surface area contributed by atoms with Crippen LogP contribution in [-0.4, -0.2) is 41.1 Å². The monoisotopic (exact) mass is 285 g/mol. The highest BCUT2D eigenvalue weighted by molar-refractivity contribution is 6.30. The quantitative estimate of drug-likeness (QED) is 0.713. The summed E-state index contributed by atoms with van der Waals surface area (Å²) in [6, 6.07) is 6.70. The molecule has 1 aromatic rings. The van der Waals surface area contributed by atoms with Crippen molar-refractivity contribution in [1.82, 2.24) is 4.90 Å². The van der Waals surface area contributed by atoms with E-state index in [-0.39, 0.29) is 13.1 Å². The van der Waals surface area contributed by atoms with Gasteiger partial charge < -0.3 is 16.6 Å². The van der Waals surface area contributed by atoms with Gasteiger partial charge in [0, 0.05) is 17.6 Å². The molecule has 1 rings (SSSR count). The van der Waals surface area contributed by atoms with Gasteiger partial charge in [-0.1, -0.05) is 23.7 Å². The van der Waals surface area contributed by atoms with Crippen LogP contribution in [0, 0.1) is 0 Å². The first-order valence-electron chi connectivity index (χ1n) is 5.64. The number of hydrogen-bond acceptors (Lipinski definition) is 3. The normalized spacial score (nSPS) is 11.9. The van der Waals surface area contributed by atoms with Gasteiger partial charge in [-0.3, -0.25) is 9.69 Å². The molecule has 0 aliphatic rings. The molecule has 7 heteroatoms. The highest BCUT2D eigenvalue weighted by Crippen LogP contribution is 2.11. The second-order valence-electron chi connectivity index (χ2n) is 4.22. The van der Waals surface area contributed by atoms with Crippen LogP contribution in [0.25, 0.3) is 0 Å². The average Bonchev–Trinajstić information content (AvgIpc) is 2.30. The predicted molar refractivity (Wildman–Crippen MR) is 71.9 cm³/mol. The van der Waals surface area contributed by atoms with E-state index in [1.165, 1.54) is 0 Å². The first-order valence-corrected chi connectivity index (χ1v) is 6.02. The van der Waals surface area contributed by atoms with Crippen molar-refractivity contribution in [2.45, 2.75) is 12.5 Å². The maximum atomic E-state index is 10.9. The molecule has 1 atom stereocenters. The van der Waals surface area contributed by atoms with E-state index in [4.69, 9.17) is 28.2 Å². The molecule has 0 saturated heterocycles. The molecule has 1 unspecified atom stereocenters. The van der Waals surface area contributed by atoms with Gasteiger partial charge >= 0.3 is 6.09 Å². The zero-order valence-electron chi connectivity index (χ0n) is 10.3. The fourth-order valence-electron chi connectivity index (χ4n) is 1.67. The summed E-state index contributed by atoms with van der Waals surface area (Å²) in [5.74, 6) is -0.707. The van der Waals surface area contributed by atoms with Crippen LogP contribution in [0.5, 0.6) is 0 Å². The fourth-order valence-corrected chi connectivity index (χ4v) is 1.80. The molecule has 0 spiro atoms. The van der Waals surface area contributed by atoms with Gasteiger partial charge in [-0.05, 0) is 24.1 Å². The lowest BCUT2D eigenvalue weighted by Gasteiger charge is -2.21. The summed E-state index contributed by atoms with van der Waals surface area (Å²) in [7, 11) is 0. The number of benzene rings is 1. The van der Waals surface area contributed by atoms with Crippen molar-refractivity contribution in [2.24, 2.45) is 11.5 Å². The Labute approximate surface area is 115 Å². The Bertz CT molecular complexity index is 450. The molecule has 19 heavy (non-hydrogen) atoms. The molecule has 0 saturated carbocycles. The van der Waals surface area contributed by atoms with E-state index in [1.807, 2.05) is 12.1 Å². The molecule has 6 nitrogen and oxygen atoms in total. The number of nitrogens with two attached hydrogens (primary N) is 2. The Balaban J connectivity index is 2.57. The molecule has 0 heterocycles. The van der Waals surface area contributed by atoms with Crippen molar-refractivity contribution < 1.29 is 14.7 Å². The minimum absolute atomic E-state index is 0.0426. The first kappa shape index (κ1) is 15.3. The Morgan fingerprint density at radius 2 is 1.89 bits per heavy atom. The van der Waals surface area contributed by atoms with Crippen LogP contribution >= 0.6 is 11.6 Å². The van der Waals surface area contributed by atoms with Crippen LogP contribution in [0.2, 0.25) is 5.02 Å². The summed E-state index contributed by atoms with van der Waals surface area (Å²) in [6.45, 7) is -0.315. The minimum Gasteiger partial charge on any atom is -0.465 e. The van der Waals surface area contributed by atoms with Gasteiger partial charge in [0.05, 0.1) is 0 Å². The SMILES string of the molecule is NC(=O)CN(CC(N)Cc1ccc(Cl)cc1)C(=O)O. The number of halogens is 1. The third-order valence-corrected chi connectivity index (χ3v) is 2.74. The number of amides is 2. The lowest BCUT2D eigenvalue weighted by Crippen LogP contribution is -2.45. The van der Waals surface area contributed by atoms with Crippen molar-refractivity contribution in [3.8, 4) is 0 Å². The summed E-state index contributed by atoms with van der Waals surface area (Å²) < 4.78 is 0. The molecule has 0 bridgehead atoms. The van der Waals surface area contributed by atoms with Crippen LogP contribution in [0.4, 0.5) is 4.79 Å². The third-order valence-electron chi connectivity index (χ3n) is 2.48. The summed E-state index contributed by atoms with van der Waals surface area (Å²) in [6.07, 6.45) is -0.731. The molecule has 0 aliphatic carbocycles. The maximum absolute atomic E-state index is 10.9. The Kier molecular flexibility index (Phi) is 5.59. The zero-order valence-corrected chi connectivity index (χ0v) is 11.0. The van der Waals surface area contributed by atoms with E-state index in [1.54, 1.807) is 12.1 Å². The van der Waals surface area contributed by atoms with E-state index in [9.17, 15) is 9.59 Å². The summed E-state index contributed by atoms with van der Waals surface area (Å²) in [5, 5.41) is 9.54. The highest BCUT2D eigenvalue weighted by Gasteiger charge is 2.17. The summed E-state index contributed by atoms with van der Waals surface area (Å²) in [5.41, 5.74) is 11.8. The smallest absolute Gasteiger partial charge is 0.407 e. The van der Waals surface area contributed by atoms with E-state index >= 15 is 0 Å². The lowest BCUT2D eigenvalue weighted by molar-refractivity contribution is -0.118. The number of nitrogens with zero attached hydrogens (tertiary/aromatic N) is 1. The lowest BCUT2D eigenvalue weighted by atomic mass is 10.1. The fraction of sp³-hybridized carbons (Fsp3) is 0.333. The van der Waals surface area contributed by atoms with Gasteiger partial charge in [-0.25, -0.2) is 4.79 Å². The molecule has 0 aliphatic heterocycles. The number of rotatable bonds is 6. The third kappa shape index (κ3) is 5.58. The largest absolute Gasteiger partial charge is 0.465 e. The second-order valence-corrected chi connectivity index (χ2v) is 4.66. The van der Waals surface area contributed by atoms with Gasteiger partial charge in [0.1, 0.15) is 6.54 Å². The molecule has 0 aromatic heterocycles. The van der Waals surface area contributed by atoms with Crippen molar-refractivity contribution in [3.05, 3.63) is 34.9 Å². The summed E-state index contributed by atoms with van der Waals surface area (Å²) in [4.78, 5) is 22.6. The minimum atomic E-state index is -1.22. The van der Waals surface area contributed by atoms with Crippen molar-refractivity contribution in [2.75, 3.05) is 13.1 Å². The van der Waals surface area contributed by atoms with Gasteiger partial charge in [0.2, 0.25) is 5.91 Å². The molecular formula is C12H16ClN3O3. The van der Waals surface area contributed by atoms with E-state index in [2.05, 4.69) is 0 Å². The molecule has 0 fully saturated rings. The first-order chi connectivity index (χ1) is 8.88. The average molecular weight is 286 g/mol. The van der Waals surface area contributed by atoms with Crippen LogP contribution in [0.15, 0.2) is 24.3 Å². The molecular weight excluding hydrogens is 270 g/mol. The highest BCUT2D eigenvalue weighted by atomic mass is 35.5. The number of hydrogen-bond donors (Lipinski definition) is 3. The molecule has 104 valence electrons. The Morgan fingerprint density at radius 3 is 2.37 bits per heavy atom. The number of carbonyl (C=O) groups is 2. The zero-order chi connectivity index (χ0) is 14.4. The van der Waals surface area contributed by atoms with Crippen molar-refractivity contribution in [3.63, 3.8) is 0 Å². The number of carbonyl (C=O) groups excluding carboxylic acids is 1. The van der Waals surface area contributed by atoms with Crippen LogP contribution in [-0.2, 0) is 11.2 Å². The van der Waals surface area contributed by atoms with E-state index in [0.29, 0.717) is 11.4 Å². The van der Waals surface area contributed by atoms with Crippen LogP contribution in [0.3, 0.4) is 0 Å². The molecule has 0 radical (unpaired) electrons. The van der Waals surface area contributed by atoms with Crippen LogP contribution in [0.1, 0.15) is 5.56 Å². The number of carboxylic acid groups (broad SMARTS) is 1. The van der Waals surface area contributed by atoms with Gasteiger partial charge in [0.25, 0.3) is 0 Å². The van der Waals surface area contributed by atoms with Gasteiger partial charge in [-0.2, -0.15) is 0 Å². The van der Waals surface area contributed by atoms with Crippen molar-refractivity contribution >= 4 is 23.6 Å². The Morgan fingerprint density at radius 1 is 1.32 bits per heavy atom. The van der Waals surface area contributed by atoms with E-state index in [0.717, 1.165) is 10.5 Å². The van der Waals surface area contributed by atoms with Crippen molar-refractivity contribution in [1.29, 1.82) is 0 Å². The van der Waals surface area contributed by atoms with Crippen LogP contribution < -0.4 is 11.5 Å². The molecule has 1 aromatic carbocycles. The van der Waals surface area contributed by atoms with Gasteiger partial charge in [0.15, 0.2) is 0 Å². The predicted octanol–water partition coefficient (Wildman–Crippen LogP) is 0.675. The molecule has 5 N–H and O–H groups in total. The van der Waals surface area contributed by atoms with Gasteiger partial charge in [-0.15, -0.1) is 0 Å². The molecule has 2 amide bonds. The topological polar surface area (TPSA) is 110 Å². The summed E-state index contributed by atoms with van der Waals surface area (Å²) >= 11 is 5.76. The van der Waals surface area contributed by atoms with E-state index < -0.39 is 18.0 Å². The standard InChI is InChI=1S/C12H16ClN3O3/c13-9-3-1-8(2-4-9)5-10(14)6-16(12(18)19)7-11(15)17/h1-4,10H,5-7,14H2,(H2,15,17)(H,18,19).